The quantitative estimate of drug-likeness (QED) is 0.256. The lowest BCUT2D eigenvalue weighted by Gasteiger charge is -2.31. The summed E-state index contributed by atoms with van der Waals surface area (Å²) in [4.78, 5) is 27.9. The number of ether oxygens (including phenoxy) is 1. The molecule has 6 nitrogen and oxygen atoms in total. The number of aryl methyl sites for hydroxylation is 1. The number of hydrogen-bond acceptors (Lipinski definition) is 4. The molecule has 3 rings (SSSR count). The van der Waals surface area contributed by atoms with Gasteiger partial charge < -0.3 is 15.0 Å². The Morgan fingerprint density at radius 1 is 0.977 bits per heavy atom. The molecule has 0 atom stereocenters. The highest BCUT2D eigenvalue weighted by Gasteiger charge is 2.73. The summed E-state index contributed by atoms with van der Waals surface area (Å²) in [6, 6.07) is 12.5. The van der Waals surface area contributed by atoms with Crippen LogP contribution >= 0.6 is 11.6 Å². The first-order valence-electron chi connectivity index (χ1n) is 12.5. The molecule has 43 heavy (non-hydrogen) atoms. The van der Waals surface area contributed by atoms with Crippen molar-refractivity contribution in [3.05, 3.63) is 87.4 Å². The van der Waals surface area contributed by atoms with E-state index in [2.05, 4.69) is 5.32 Å². The number of halogens is 8. The van der Waals surface area contributed by atoms with Crippen LogP contribution in [-0.4, -0.2) is 37.8 Å². The van der Waals surface area contributed by atoms with Crippen LogP contribution in [0.3, 0.4) is 0 Å². The number of rotatable bonds is 8. The molecule has 0 saturated heterocycles. The van der Waals surface area contributed by atoms with E-state index in [1.807, 2.05) is 6.07 Å². The van der Waals surface area contributed by atoms with Crippen molar-refractivity contribution >= 4 is 34.8 Å². The van der Waals surface area contributed by atoms with E-state index in [1.54, 1.807) is 6.92 Å². The van der Waals surface area contributed by atoms with Crippen molar-refractivity contribution < 1.29 is 45.1 Å². The first-order valence-corrected chi connectivity index (χ1v) is 12.9. The zero-order valence-corrected chi connectivity index (χ0v) is 23.5. The fraction of sp³-hybridized carbons (Fsp3) is 0.276. The number of carbonyl (C=O) groups is 2. The van der Waals surface area contributed by atoms with Gasteiger partial charge >= 0.3 is 18.0 Å². The SMILES string of the molecule is CCc1cc(C(F)(C(F)(F)F)C(F)(F)F)cc(Cl)c1NC(=O)c1cccc(N(CC)C(=O)c2ccc(C#N)cc2)c1OC. The van der Waals surface area contributed by atoms with Crippen molar-refractivity contribution in [2.45, 2.75) is 38.3 Å². The van der Waals surface area contributed by atoms with Gasteiger partial charge in [0.2, 0.25) is 0 Å². The molecule has 1 N–H and O–H groups in total. The van der Waals surface area contributed by atoms with E-state index in [0.29, 0.717) is 11.6 Å². The Hall–Kier alpha value is -4.31. The molecule has 0 heterocycles. The number of nitriles is 1. The molecular weight excluding hydrogens is 607 g/mol. The molecule has 0 radical (unpaired) electrons. The summed E-state index contributed by atoms with van der Waals surface area (Å²) >= 11 is 6.04. The number of methoxy groups -OCH3 is 1. The van der Waals surface area contributed by atoms with E-state index in [1.165, 1.54) is 61.4 Å². The second kappa shape index (κ2) is 12.5. The van der Waals surface area contributed by atoms with Crippen LogP contribution in [0.15, 0.2) is 54.6 Å². The fourth-order valence-electron chi connectivity index (χ4n) is 4.35. The molecule has 0 aliphatic rings. The van der Waals surface area contributed by atoms with Crippen LogP contribution in [-0.2, 0) is 12.1 Å². The number of hydrogen-bond donors (Lipinski definition) is 1. The highest BCUT2D eigenvalue weighted by Crippen LogP contribution is 2.54. The Balaban J connectivity index is 2.05. The lowest BCUT2D eigenvalue weighted by Crippen LogP contribution is -2.50. The number of nitrogens with zero attached hydrogens (tertiary/aromatic N) is 2. The van der Waals surface area contributed by atoms with Gasteiger partial charge in [0.15, 0.2) is 5.75 Å². The van der Waals surface area contributed by atoms with E-state index in [-0.39, 0.29) is 52.8 Å². The van der Waals surface area contributed by atoms with Crippen LogP contribution in [0, 0.1) is 11.3 Å². The Kier molecular flexibility index (Phi) is 9.66. The molecular formula is C29H23ClF7N3O3. The van der Waals surface area contributed by atoms with Gasteiger partial charge in [-0.3, -0.25) is 9.59 Å². The predicted molar refractivity (Wildman–Crippen MR) is 145 cm³/mol. The molecule has 0 aromatic heterocycles. The van der Waals surface area contributed by atoms with E-state index >= 15 is 0 Å². The third-order valence-electron chi connectivity index (χ3n) is 6.53. The summed E-state index contributed by atoms with van der Waals surface area (Å²) in [5, 5.41) is 10.6. The zero-order chi connectivity index (χ0) is 32.3. The molecule has 0 fully saturated rings. The van der Waals surface area contributed by atoms with Crippen molar-refractivity contribution in [3.63, 3.8) is 0 Å². The number of benzene rings is 3. The summed E-state index contributed by atoms with van der Waals surface area (Å²) in [6.07, 6.45) is -12.9. The second-order valence-electron chi connectivity index (χ2n) is 9.05. The van der Waals surface area contributed by atoms with E-state index in [4.69, 9.17) is 21.6 Å². The van der Waals surface area contributed by atoms with Gasteiger partial charge in [-0.05, 0) is 67.4 Å². The minimum absolute atomic E-state index is 0.0773. The Morgan fingerprint density at radius 3 is 2.07 bits per heavy atom. The normalized spacial score (nSPS) is 12.0. The molecule has 14 heteroatoms. The third kappa shape index (κ3) is 6.24. The molecule has 2 amide bonds. The van der Waals surface area contributed by atoms with E-state index < -0.39 is 40.4 Å². The maximum atomic E-state index is 14.7. The van der Waals surface area contributed by atoms with Crippen molar-refractivity contribution in [1.82, 2.24) is 0 Å². The summed E-state index contributed by atoms with van der Waals surface area (Å²) in [7, 11) is 1.23. The van der Waals surface area contributed by atoms with Crippen LogP contribution in [0.1, 0.15) is 51.3 Å². The standard InChI is InChI=1S/C29H23ClF7N3O3/c1-4-17-13-19(27(31,28(32,33)34)29(35,36)37)14-21(30)23(17)39-25(41)20-7-6-8-22(24(20)43-3)40(5-2)26(42)18-11-9-16(15-38)10-12-18/h6-14H,4-5H2,1-3H3,(H,39,41). The summed E-state index contributed by atoms with van der Waals surface area (Å²) in [5.41, 5.74) is -7.54. The van der Waals surface area contributed by atoms with Crippen molar-refractivity contribution in [1.29, 1.82) is 5.26 Å². The first kappa shape index (κ1) is 33.2. The predicted octanol–water partition coefficient (Wildman–Crippen LogP) is 7.99. The van der Waals surface area contributed by atoms with Gasteiger partial charge in [0.25, 0.3) is 11.8 Å². The number of para-hydroxylation sites is 1. The highest BCUT2D eigenvalue weighted by molar-refractivity contribution is 6.34. The van der Waals surface area contributed by atoms with Gasteiger partial charge in [-0.2, -0.15) is 31.6 Å². The molecule has 0 saturated carbocycles. The van der Waals surface area contributed by atoms with Gasteiger partial charge in [-0.15, -0.1) is 0 Å². The smallest absolute Gasteiger partial charge is 0.435 e. The number of carbonyl (C=O) groups excluding carboxylic acids is 2. The molecule has 0 aliphatic carbocycles. The molecule has 0 unspecified atom stereocenters. The minimum atomic E-state index is -6.35. The van der Waals surface area contributed by atoms with Crippen molar-refractivity contribution in [2.24, 2.45) is 0 Å². The fourth-order valence-corrected chi connectivity index (χ4v) is 4.63. The first-order chi connectivity index (χ1) is 20.0. The van der Waals surface area contributed by atoms with Crippen molar-refractivity contribution in [3.8, 4) is 11.8 Å². The minimum Gasteiger partial charge on any atom is -0.494 e. The average molecular weight is 630 g/mol. The number of anilines is 2. The molecule has 3 aromatic rings. The van der Waals surface area contributed by atoms with Crippen LogP contribution in [0.25, 0.3) is 0 Å². The maximum Gasteiger partial charge on any atom is 0.435 e. The van der Waals surface area contributed by atoms with Crippen LogP contribution in [0.5, 0.6) is 5.75 Å². The third-order valence-corrected chi connectivity index (χ3v) is 6.82. The topological polar surface area (TPSA) is 82.4 Å². The van der Waals surface area contributed by atoms with Gasteiger partial charge in [0.05, 0.1) is 40.7 Å². The van der Waals surface area contributed by atoms with Crippen LogP contribution in [0.2, 0.25) is 5.02 Å². The summed E-state index contributed by atoms with van der Waals surface area (Å²) in [5.74, 6) is -1.49. The number of nitrogens with one attached hydrogen (secondary N) is 1. The monoisotopic (exact) mass is 629 g/mol. The number of alkyl halides is 7. The average Bonchev–Trinajstić information content (AvgIpc) is 2.96. The maximum absolute atomic E-state index is 14.7. The molecule has 0 bridgehead atoms. The molecule has 0 aliphatic heterocycles. The molecule has 228 valence electrons. The van der Waals surface area contributed by atoms with Gasteiger partial charge in [0, 0.05) is 17.7 Å². The van der Waals surface area contributed by atoms with Gasteiger partial charge in [-0.1, -0.05) is 24.6 Å². The molecule has 3 aromatic carbocycles. The second-order valence-corrected chi connectivity index (χ2v) is 9.46. The number of amides is 2. The van der Waals surface area contributed by atoms with Crippen LogP contribution < -0.4 is 15.0 Å². The van der Waals surface area contributed by atoms with E-state index in [0.717, 1.165) is 0 Å². The van der Waals surface area contributed by atoms with E-state index in [9.17, 15) is 40.3 Å². The molecule has 0 spiro atoms. The van der Waals surface area contributed by atoms with Gasteiger partial charge in [0.1, 0.15) is 0 Å². The summed E-state index contributed by atoms with van der Waals surface area (Å²) in [6.45, 7) is 3.15. The largest absolute Gasteiger partial charge is 0.494 e. The Bertz CT molecular complexity index is 1550. The lowest BCUT2D eigenvalue weighted by molar-refractivity contribution is -0.348. The Labute approximate surface area is 246 Å². The van der Waals surface area contributed by atoms with Crippen molar-refractivity contribution in [2.75, 3.05) is 23.9 Å². The summed E-state index contributed by atoms with van der Waals surface area (Å²) < 4.78 is 100. The van der Waals surface area contributed by atoms with Gasteiger partial charge in [-0.25, -0.2) is 4.39 Å². The zero-order valence-electron chi connectivity index (χ0n) is 22.8. The van der Waals surface area contributed by atoms with Crippen LogP contribution in [0.4, 0.5) is 42.1 Å². The highest BCUT2D eigenvalue weighted by atomic mass is 35.5. The Morgan fingerprint density at radius 2 is 1.58 bits per heavy atom. The lowest BCUT2D eigenvalue weighted by atomic mass is 9.91.